The van der Waals surface area contributed by atoms with E-state index in [4.69, 9.17) is 4.74 Å². The third-order valence-electron chi connectivity index (χ3n) is 7.12. The fraction of sp³-hybridized carbons (Fsp3) is 0.273. The Morgan fingerprint density at radius 3 is 2.27 bits per heavy atom. The molecule has 5 rings (SSSR count). The lowest BCUT2D eigenvalue weighted by Gasteiger charge is -2.20. The van der Waals surface area contributed by atoms with E-state index in [0.717, 1.165) is 48.1 Å². The number of urea groups is 1. The van der Waals surface area contributed by atoms with Gasteiger partial charge in [0.2, 0.25) is 5.91 Å². The monoisotopic (exact) mass is 536 g/mol. The number of amides is 3. The first-order chi connectivity index (χ1) is 19.6. The average Bonchev–Trinajstić information content (AvgIpc) is 3.50. The Balaban J connectivity index is 1.20. The molecule has 1 fully saturated rings. The van der Waals surface area contributed by atoms with Crippen molar-refractivity contribution in [1.82, 2.24) is 15.5 Å². The number of benzene rings is 4. The molecular weight excluding hydrogens is 500 g/mol. The first-order valence-corrected chi connectivity index (χ1v) is 14.0. The minimum atomic E-state index is -0.714. The number of nitrogens with zero attached hydrogens (tertiary/aromatic N) is 1. The zero-order valence-corrected chi connectivity index (χ0v) is 22.6. The van der Waals surface area contributed by atoms with Crippen molar-refractivity contribution in [1.29, 1.82) is 0 Å². The number of anilines is 1. The van der Waals surface area contributed by atoms with Crippen LogP contribution in [0.25, 0.3) is 10.8 Å². The predicted octanol–water partition coefficient (Wildman–Crippen LogP) is 5.97. The lowest BCUT2D eigenvalue weighted by molar-refractivity contribution is -0.122. The molecule has 0 spiro atoms. The number of hydrogen-bond acceptors (Lipinski definition) is 4. The highest BCUT2D eigenvalue weighted by atomic mass is 16.5. The third-order valence-corrected chi connectivity index (χ3v) is 7.12. The molecule has 1 saturated heterocycles. The van der Waals surface area contributed by atoms with Gasteiger partial charge in [-0.3, -0.25) is 4.79 Å². The summed E-state index contributed by atoms with van der Waals surface area (Å²) in [5, 5.41) is 11.0. The third kappa shape index (κ3) is 7.83. The number of para-hydroxylation sites is 1. The number of ether oxygens (including phenoxy) is 1. The SMILES string of the molecule is O=C(Nc1ccc(Oc2ccccc2)cc1)N[C@@H](Cc1ccc2ccccc2c1)C(=O)NCCCN1CCCC1. The van der Waals surface area contributed by atoms with Crippen LogP contribution in [0.2, 0.25) is 0 Å². The Bertz CT molecular complexity index is 1400. The summed E-state index contributed by atoms with van der Waals surface area (Å²) < 4.78 is 5.83. The van der Waals surface area contributed by atoms with Gasteiger partial charge >= 0.3 is 6.03 Å². The van der Waals surface area contributed by atoms with Crippen LogP contribution in [0.1, 0.15) is 24.8 Å². The number of fused-ring (bicyclic) bond motifs is 1. The van der Waals surface area contributed by atoms with Crippen molar-refractivity contribution in [2.24, 2.45) is 0 Å². The number of rotatable bonds is 11. The molecule has 7 nitrogen and oxygen atoms in total. The van der Waals surface area contributed by atoms with E-state index < -0.39 is 12.1 Å². The van der Waals surface area contributed by atoms with Crippen molar-refractivity contribution in [2.45, 2.75) is 31.7 Å². The van der Waals surface area contributed by atoms with Crippen LogP contribution < -0.4 is 20.7 Å². The summed E-state index contributed by atoms with van der Waals surface area (Å²) >= 11 is 0. The van der Waals surface area contributed by atoms with Gasteiger partial charge in [0.25, 0.3) is 0 Å². The van der Waals surface area contributed by atoms with E-state index in [-0.39, 0.29) is 5.91 Å². The Morgan fingerprint density at radius 1 is 0.800 bits per heavy atom. The van der Waals surface area contributed by atoms with Crippen molar-refractivity contribution < 1.29 is 14.3 Å². The fourth-order valence-corrected chi connectivity index (χ4v) is 5.01. The summed E-state index contributed by atoms with van der Waals surface area (Å²) in [6, 6.07) is 29.8. The van der Waals surface area contributed by atoms with Crippen LogP contribution in [0, 0.1) is 0 Å². The fourth-order valence-electron chi connectivity index (χ4n) is 5.01. The van der Waals surface area contributed by atoms with Crippen LogP contribution in [0.15, 0.2) is 97.1 Å². The Hall–Kier alpha value is -4.36. The van der Waals surface area contributed by atoms with E-state index in [2.05, 4.69) is 45.1 Å². The molecule has 1 heterocycles. The van der Waals surface area contributed by atoms with Gasteiger partial charge in [-0.15, -0.1) is 0 Å². The van der Waals surface area contributed by atoms with E-state index in [1.165, 1.54) is 12.8 Å². The van der Waals surface area contributed by atoms with Gasteiger partial charge in [0.05, 0.1) is 0 Å². The van der Waals surface area contributed by atoms with Crippen LogP contribution in [0.3, 0.4) is 0 Å². The molecule has 3 amide bonds. The summed E-state index contributed by atoms with van der Waals surface area (Å²) in [6.07, 6.45) is 3.78. The van der Waals surface area contributed by atoms with Gasteiger partial charge in [0.15, 0.2) is 0 Å². The maximum Gasteiger partial charge on any atom is 0.319 e. The van der Waals surface area contributed by atoms with Crippen LogP contribution >= 0.6 is 0 Å². The quantitative estimate of drug-likeness (QED) is 0.206. The summed E-state index contributed by atoms with van der Waals surface area (Å²) in [5.74, 6) is 1.22. The molecule has 4 aromatic carbocycles. The molecule has 0 saturated carbocycles. The van der Waals surface area contributed by atoms with Crippen LogP contribution in [0.4, 0.5) is 10.5 Å². The Morgan fingerprint density at radius 2 is 1.50 bits per heavy atom. The normalized spacial score (nSPS) is 14.0. The molecule has 0 bridgehead atoms. The van der Waals surface area contributed by atoms with E-state index in [9.17, 15) is 9.59 Å². The second-order valence-electron chi connectivity index (χ2n) is 10.2. The molecule has 206 valence electrons. The molecule has 0 aromatic heterocycles. The predicted molar refractivity (Wildman–Crippen MR) is 160 cm³/mol. The molecule has 1 atom stereocenters. The number of carbonyl (C=O) groups is 2. The maximum atomic E-state index is 13.2. The summed E-state index contributed by atoms with van der Waals surface area (Å²) in [5.41, 5.74) is 1.59. The van der Waals surface area contributed by atoms with Gasteiger partial charge in [-0.05, 0) is 91.6 Å². The molecule has 0 unspecified atom stereocenters. The molecule has 1 aliphatic rings. The number of nitrogens with one attached hydrogen (secondary N) is 3. The van der Waals surface area contributed by atoms with Gasteiger partial charge in [-0.25, -0.2) is 4.79 Å². The highest BCUT2D eigenvalue weighted by molar-refractivity contribution is 5.94. The molecule has 3 N–H and O–H groups in total. The zero-order valence-electron chi connectivity index (χ0n) is 22.6. The molecular formula is C33H36N4O3. The first-order valence-electron chi connectivity index (χ1n) is 14.0. The highest BCUT2D eigenvalue weighted by Crippen LogP contribution is 2.23. The first kappa shape index (κ1) is 27.2. The van der Waals surface area contributed by atoms with Crippen LogP contribution in [-0.2, 0) is 11.2 Å². The molecule has 0 aliphatic carbocycles. The topological polar surface area (TPSA) is 82.7 Å². The van der Waals surface area contributed by atoms with Gasteiger partial charge in [0, 0.05) is 18.7 Å². The maximum absolute atomic E-state index is 13.2. The Kier molecular flexibility index (Phi) is 9.27. The Labute approximate surface area is 235 Å². The van der Waals surface area contributed by atoms with Crippen LogP contribution in [-0.4, -0.2) is 49.1 Å². The minimum absolute atomic E-state index is 0.184. The molecule has 40 heavy (non-hydrogen) atoms. The van der Waals surface area contributed by atoms with E-state index in [0.29, 0.717) is 24.4 Å². The standard InChI is InChI=1S/C33H36N4O3/c38-32(34-19-8-22-37-20-6-7-21-37)31(24-25-13-14-26-9-4-5-10-27(26)23-25)36-33(39)35-28-15-17-30(18-16-28)40-29-11-2-1-3-12-29/h1-5,9-18,23,31H,6-8,19-22,24H2,(H,34,38)(H2,35,36,39)/t31-/m0/s1. The van der Waals surface area contributed by atoms with E-state index in [1.54, 1.807) is 24.3 Å². The summed E-state index contributed by atoms with van der Waals surface area (Å²) in [6.45, 7) is 3.84. The smallest absolute Gasteiger partial charge is 0.319 e. The largest absolute Gasteiger partial charge is 0.457 e. The molecule has 0 radical (unpaired) electrons. The molecule has 1 aliphatic heterocycles. The number of carbonyl (C=O) groups excluding carboxylic acids is 2. The molecule has 4 aromatic rings. The lowest BCUT2D eigenvalue weighted by atomic mass is 10.0. The van der Waals surface area contributed by atoms with Gasteiger partial charge in [-0.2, -0.15) is 0 Å². The number of likely N-dealkylation sites (tertiary alicyclic amines) is 1. The van der Waals surface area contributed by atoms with Crippen molar-refractivity contribution in [3.05, 3.63) is 103 Å². The average molecular weight is 537 g/mol. The minimum Gasteiger partial charge on any atom is -0.457 e. The summed E-state index contributed by atoms with van der Waals surface area (Å²) in [4.78, 5) is 28.6. The lowest BCUT2D eigenvalue weighted by Crippen LogP contribution is -2.49. The van der Waals surface area contributed by atoms with E-state index in [1.807, 2.05) is 48.5 Å². The van der Waals surface area contributed by atoms with Crippen molar-refractivity contribution >= 4 is 28.4 Å². The van der Waals surface area contributed by atoms with Crippen LogP contribution in [0.5, 0.6) is 11.5 Å². The second kappa shape index (κ2) is 13.6. The van der Waals surface area contributed by atoms with E-state index >= 15 is 0 Å². The highest BCUT2D eigenvalue weighted by Gasteiger charge is 2.22. The van der Waals surface area contributed by atoms with Crippen molar-refractivity contribution in [3.63, 3.8) is 0 Å². The second-order valence-corrected chi connectivity index (χ2v) is 10.2. The van der Waals surface area contributed by atoms with Crippen molar-refractivity contribution in [2.75, 3.05) is 31.5 Å². The summed E-state index contributed by atoms with van der Waals surface area (Å²) in [7, 11) is 0. The number of hydrogen-bond donors (Lipinski definition) is 3. The van der Waals surface area contributed by atoms with Gasteiger partial charge in [0.1, 0.15) is 17.5 Å². The van der Waals surface area contributed by atoms with Gasteiger partial charge in [-0.1, -0.05) is 60.7 Å². The van der Waals surface area contributed by atoms with Gasteiger partial charge < -0.3 is 25.6 Å². The van der Waals surface area contributed by atoms with Crippen molar-refractivity contribution in [3.8, 4) is 11.5 Å². The molecule has 7 heteroatoms. The zero-order chi connectivity index (χ0) is 27.6.